The highest BCUT2D eigenvalue weighted by molar-refractivity contribution is 6.15. The number of nitrogens with zero attached hydrogens (tertiary/aromatic N) is 1. The maximum atomic E-state index is 13.8. The molecule has 0 radical (unpaired) electrons. The van der Waals surface area contributed by atoms with E-state index in [1.165, 1.54) is 4.90 Å². The molecule has 3 aliphatic rings. The Morgan fingerprint density at radius 1 is 1.03 bits per heavy atom. The van der Waals surface area contributed by atoms with Gasteiger partial charge in [0.1, 0.15) is 11.3 Å². The van der Waals surface area contributed by atoms with Crippen molar-refractivity contribution in [3.05, 3.63) is 58.7 Å². The number of aryl methyl sites for hydroxylation is 1. The first-order chi connectivity index (χ1) is 15.7. The Morgan fingerprint density at radius 3 is 2.36 bits per heavy atom. The van der Waals surface area contributed by atoms with Crippen LogP contribution in [0.1, 0.15) is 36.1 Å². The largest absolute Gasteiger partial charge is 0.497 e. The van der Waals surface area contributed by atoms with Crippen molar-refractivity contribution >= 4 is 23.4 Å². The molecule has 0 bridgehead atoms. The smallest absolute Gasteiger partial charge is 0.250 e. The molecule has 2 fully saturated rings. The quantitative estimate of drug-likeness (QED) is 0.704. The number of imide groups is 1. The predicted octanol–water partition coefficient (Wildman–Crippen LogP) is 2.89. The Hall–Kier alpha value is -3.19. The Morgan fingerprint density at radius 2 is 1.73 bits per heavy atom. The number of rotatable bonds is 4. The highest BCUT2D eigenvalue weighted by Gasteiger charge is 2.70. The molecule has 2 saturated heterocycles. The van der Waals surface area contributed by atoms with E-state index < -0.39 is 17.4 Å². The minimum absolute atomic E-state index is 0.0676. The molecule has 2 aromatic rings. The number of amides is 3. The number of hydrogen-bond acceptors (Lipinski definition) is 5. The maximum Gasteiger partial charge on any atom is 0.250 e. The number of carbonyl (C=O) groups excluding carboxylic acids is 3. The second-order valence-electron chi connectivity index (χ2n) is 9.72. The number of methoxy groups -OCH3 is 1. The third-order valence-electron chi connectivity index (χ3n) is 7.67. The van der Waals surface area contributed by atoms with Crippen LogP contribution in [0.25, 0.3) is 0 Å². The first-order valence-electron chi connectivity index (χ1n) is 11.4. The van der Waals surface area contributed by atoms with Crippen LogP contribution in [0.4, 0.5) is 5.69 Å². The van der Waals surface area contributed by atoms with Gasteiger partial charge < -0.3 is 10.1 Å². The molecular formula is C26H29N3O4. The lowest BCUT2D eigenvalue weighted by Gasteiger charge is -2.30. The van der Waals surface area contributed by atoms with Crippen LogP contribution in [0.5, 0.6) is 5.75 Å². The summed E-state index contributed by atoms with van der Waals surface area (Å²) in [6.45, 7) is 8.18. The van der Waals surface area contributed by atoms with E-state index in [1.54, 1.807) is 7.11 Å². The Kier molecular flexibility index (Phi) is 4.86. The van der Waals surface area contributed by atoms with Crippen molar-refractivity contribution in [2.45, 2.75) is 45.8 Å². The third-order valence-corrected chi connectivity index (χ3v) is 7.67. The SMILES string of the molecule is COc1ccc(CN2C(=O)C3C(C(C)C)NC4(C(=O)Nc5c4ccc(C)c5C)C3C2=O)cc1. The number of ether oxygens (including phenoxy) is 1. The van der Waals surface area contributed by atoms with Gasteiger partial charge in [0.2, 0.25) is 17.7 Å². The summed E-state index contributed by atoms with van der Waals surface area (Å²) in [6.07, 6.45) is 0. The monoisotopic (exact) mass is 447 g/mol. The highest BCUT2D eigenvalue weighted by Crippen LogP contribution is 2.54. The number of benzene rings is 2. The van der Waals surface area contributed by atoms with Crippen LogP contribution in [0.2, 0.25) is 0 Å². The van der Waals surface area contributed by atoms with E-state index in [0.29, 0.717) is 5.75 Å². The van der Waals surface area contributed by atoms with Crippen LogP contribution in [0.3, 0.4) is 0 Å². The van der Waals surface area contributed by atoms with Crippen molar-refractivity contribution in [1.82, 2.24) is 10.2 Å². The molecule has 2 N–H and O–H groups in total. The number of carbonyl (C=O) groups is 3. The number of likely N-dealkylation sites (tertiary alicyclic amines) is 1. The predicted molar refractivity (Wildman–Crippen MR) is 124 cm³/mol. The summed E-state index contributed by atoms with van der Waals surface area (Å²) in [6, 6.07) is 10.9. The average Bonchev–Trinajstić information content (AvgIpc) is 3.38. The fourth-order valence-corrected chi connectivity index (χ4v) is 5.75. The van der Waals surface area contributed by atoms with Gasteiger partial charge in [0.05, 0.1) is 25.5 Å². The second kappa shape index (κ2) is 7.42. The van der Waals surface area contributed by atoms with E-state index in [0.717, 1.165) is 27.9 Å². The first kappa shape index (κ1) is 21.6. The van der Waals surface area contributed by atoms with Crippen LogP contribution in [0, 0.1) is 31.6 Å². The molecule has 4 unspecified atom stereocenters. The summed E-state index contributed by atoms with van der Waals surface area (Å²) in [7, 11) is 1.59. The zero-order valence-electron chi connectivity index (χ0n) is 19.6. The molecule has 3 aliphatic heterocycles. The summed E-state index contributed by atoms with van der Waals surface area (Å²) in [5, 5.41) is 6.51. The topological polar surface area (TPSA) is 87.7 Å². The minimum Gasteiger partial charge on any atom is -0.497 e. The molecule has 7 nitrogen and oxygen atoms in total. The molecule has 4 atom stereocenters. The molecule has 33 heavy (non-hydrogen) atoms. The van der Waals surface area contributed by atoms with Gasteiger partial charge in [-0.2, -0.15) is 0 Å². The molecular weight excluding hydrogens is 418 g/mol. The van der Waals surface area contributed by atoms with E-state index in [4.69, 9.17) is 4.74 Å². The van der Waals surface area contributed by atoms with Crippen molar-refractivity contribution in [1.29, 1.82) is 0 Å². The fraction of sp³-hybridized carbons (Fsp3) is 0.423. The van der Waals surface area contributed by atoms with Crippen molar-refractivity contribution < 1.29 is 19.1 Å². The molecule has 0 aliphatic carbocycles. The molecule has 172 valence electrons. The Labute approximate surface area is 193 Å². The summed E-state index contributed by atoms with van der Waals surface area (Å²) >= 11 is 0. The van der Waals surface area contributed by atoms with Crippen LogP contribution >= 0.6 is 0 Å². The fourth-order valence-electron chi connectivity index (χ4n) is 5.75. The molecule has 1 spiro atoms. The van der Waals surface area contributed by atoms with Gasteiger partial charge in [-0.1, -0.05) is 38.1 Å². The van der Waals surface area contributed by atoms with Crippen LogP contribution in [-0.4, -0.2) is 35.8 Å². The van der Waals surface area contributed by atoms with Gasteiger partial charge in [-0.3, -0.25) is 24.6 Å². The van der Waals surface area contributed by atoms with Crippen LogP contribution < -0.4 is 15.4 Å². The molecule has 0 aromatic heterocycles. The third kappa shape index (κ3) is 2.88. The Balaban J connectivity index is 1.59. The summed E-state index contributed by atoms with van der Waals surface area (Å²) in [5.74, 6) is -1.35. The average molecular weight is 448 g/mol. The van der Waals surface area contributed by atoms with Gasteiger partial charge in [0.25, 0.3) is 0 Å². The van der Waals surface area contributed by atoms with Crippen molar-refractivity contribution in [2.75, 3.05) is 12.4 Å². The van der Waals surface area contributed by atoms with E-state index >= 15 is 0 Å². The van der Waals surface area contributed by atoms with Gasteiger partial charge in [-0.05, 0) is 48.6 Å². The standard InChI is InChI=1S/C26H29N3O4/c1-13(2)21-19-20(24(31)29(23(19)30)12-16-7-9-17(33-5)10-8-16)26(28-21)18-11-6-14(3)15(4)22(18)27-25(26)32/h6-11,13,19-21,28H,12H2,1-5H3,(H,27,32). The molecule has 3 amide bonds. The number of fused-ring (bicyclic) bond motifs is 4. The maximum absolute atomic E-state index is 13.8. The molecule has 0 saturated carbocycles. The lowest BCUT2D eigenvalue weighted by Crippen LogP contribution is -2.53. The van der Waals surface area contributed by atoms with Crippen molar-refractivity contribution in [2.24, 2.45) is 17.8 Å². The van der Waals surface area contributed by atoms with E-state index in [-0.39, 0.29) is 36.2 Å². The summed E-state index contributed by atoms with van der Waals surface area (Å²) in [5.41, 5.74) is 3.16. The number of anilines is 1. The lowest BCUT2D eigenvalue weighted by molar-refractivity contribution is -0.143. The van der Waals surface area contributed by atoms with E-state index in [9.17, 15) is 14.4 Å². The first-order valence-corrected chi connectivity index (χ1v) is 11.4. The number of hydrogen-bond donors (Lipinski definition) is 2. The normalized spacial score (nSPS) is 28.0. The number of nitrogens with one attached hydrogen (secondary N) is 2. The van der Waals surface area contributed by atoms with Gasteiger partial charge in [0, 0.05) is 17.3 Å². The second-order valence-corrected chi connectivity index (χ2v) is 9.72. The Bertz CT molecular complexity index is 1170. The molecule has 5 rings (SSSR count). The van der Waals surface area contributed by atoms with Gasteiger partial charge in [-0.15, -0.1) is 0 Å². The van der Waals surface area contributed by atoms with Gasteiger partial charge in [-0.25, -0.2) is 0 Å². The van der Waals surface area contributed by atoms with Crippen LogP contribution in [0.15, 0.2) is 36.4 Å². The lowest BCUT2D eigenvalue weighted by atomic mass is 9.75. The zero-order chi connectivity index (χ0) is 23.7. The molecule has 3 heterocycles. The van der Waals surface area contributed by atoms with Gasteiger partial charge >= 0.3 is 0 Å². The van der Waals surface area contributed by atoms with Crippen molar-refractivity contribution in [3.8, 4) is 5.75 Å². The molecule has 2 aromatic carbocycles. The molecule has 7 heteroatoms. The van der Waals surface area contributed by atoms with Gasteiger partial charge in [0.15, 0.2) is 0 Å². The summed E-state index contributed by atoms with van der Waals surface area (Å²) in [4.78, 5) is 42.3. The van der Waals surface area contributed by atoms with E-state index in [1.807, 2.05) is 64.1 Å². The zero-order valence-corrected chi connectivity index (χ0v) is 19.6. The summed E-state index contributed by atoms with van der Waals surface area (Å²) < 4.78 is 5.21. The van der Waals surface area contributed by atoms with Crippen LogP contribution in [-0.2, 0) is 26.5 Å². The van der Waals surface area contributed by atoms with Crippen molar-refractivity contribution in [3.63, 3.8) is 0 Å². The minimum atomic E-state index is -1.24. The van der Waals surface area contributed by atoms with E-state index in [2.05, 4.69) is 10.6 Å². The highest BCUT2D eigenvalue weighted by atomic mass is 16.5.